The lowest BCUT2D eigenvalue weighted by Crippen LogP contribution is -2.40. The van der Waals surface area contributed by atoms with Gasteiger partial charge >= 0.3 is 0 Å². The summed E-state index contributed by atoms with van der Waals surface area (Å²) < 4.78 is 17.0. The molecule has 2 unspecified atom stereocenters. The number of aromatic nitrogens is 2. The van der Waals surface area contributed by atoms with Crippen molar-refractivity contribution in [2.24, 2.45) is 7.05 Å². The van der Waals surface area contributed by atoms with Gasteiger partial charge in [-0.1, -0.05) is 12.1 Å². The van der Waals surface area contributed by atoms with Crippen LogP contribution in [0.15, 0.2) is 18.2 Å². The molecule has 0 amide bonds. The Morgan fingerprint density at radius 3 is 2.60 bits per heavy atom. The molecule has 0 aliphatic rings. The first kappa shape index (κ1) is 15.4. The van der Waals surface area contributed by atoms with Gasteiger partial charge in [0.1, 0.15) is 4.75 Å². The third kappa shape index (κ3) is 3.00. The number of rotatable bonds is 3. The summed E-state index contributed by atoms with van der Waals surface area (Å²) in [6.45, 7) is 9.95. The lowest BCUT2D eigenvalue weighted by atomic mass is 10.1. The van der Waals surface area contributed by atoms with Gasteiger partial charge < -0.3 is 4.55 Å². The lowest BCUT2D eigenvalue weighted by molar-refractivity contribution is 0.531. The molecule has 20 heavy (non-hydrogen) atoms. The first-order chi connectivity index (χ1) is 9.20. The van der Waals surface area contributed by atoms with Crippen molar-refractivity contribution in [1.82, 2.24) is 14.5 Å². The Kier molecular flexibility index (Phi) is 4.14. The van der Waals surface area contributed by atoms with Crippen LogP contribution in [0.1, 0.15) is 45.0 Å². The molecule has 4 nitrogen and oxygen atoms in total. The molecule has 1 aromatic heterocycles. The summed E-state index contributed by atoms with van der Waals surface area (Å²) in [6, 6.07) is 6.32. The minimum Gasteiger partial charge on any atom is -0.598 e. The smallest absolute Gasteiger partial charge is 0.136 e. The minimum atomic E-state index is -1.07. The van der Waals surface area contributed by atoms with Gasteiger partial charge in [0.2, 0.25) is 0 Å². The zero-order chi connectivity index (χ0) is 15.1. The predicted octanol–water partition coefficient (Wildman–Crippen LogP) is 2.99. The van der Waals surface area contributed by atoms with Crippen molar-refractivity contribution in [3.63, 3.8) is 0 Å². The van der Waals surface area contributed by atoms with E-state index in [1.165, 1.54) is 5.39 Å². The Hall–Kier alpha value is -1.04. The molecule has 2 atom stereocenters. The van der Waals surface area contributed by atoms with Gasteiger partial charge in [-0.3, -0.25) is 4.68 Å². The Morgan fingerprint density at radius 1 is 1.35 bits per heavy atom. The molecule has 0 aliphatic heterocycles. The van der Waals surface area contributed by atoms with Crippen molar-refractivity contribution in [2.75, 3.05) is 0 Å². The Balaban J connectivity index is 2.27. The number of nitrogens with zero attached hydrogens (tertiary/aromatic N) is 2. The number of nitrogens with one attached hydrogen (secondary N) is 1. The maximum absolute atomic E-state index is 12.2. The third-order valence-electron chi connectivity index (χ3n) is 3.40. The third-order valence-corrected chi connectivity index (χ3v) is 5.08. The fourth-order valence-corrected chi connectivity index (χ4v) is 2.94. The highest BCUT2D eigenvalue weighted by Crippen LogP contribution is 2.24. The quantitative estimate of drug-likeness (QED) is 0.885. The van der Waals surface area contributed by atoms with Gasteiger partial charge in [0.25, 0.3) is 0 Å². The Labute approximate surface area is 123 Å². The molecule has 0 aliphatic carbocycles. The standard InChI is InChI=1S/C15H23N3OS/c1-10(17-20(19)15(3,4)5)12-7-8-13-11(2)16-18(6)14(13)9-12/h7-10,17H,1-6H3. The normalized spacial score (nSPS) is 15.6. The van der Waals surface area contributed by atoms with Gasteiger partial charge in [-0.25, -0.2) is 0 Å². The van der Waals surface area contributed by atoms with Crippen molar-refractivity contribution in [2.45, 2.75) is 45.4 Å². The van der Waals surface area contributed by atoms with Crippen LogP contribution >= 0.6 is 0 Å². The van der Waals surface area contributed by atoms with Gasteiger partial charge in [0.15, 0.2) is 0 Å². The summed E-state index contributed by atoms with van der Waals surface area (Å²) in [5.74, 6) is 0. The van der Waals surface area contributed by atoms with Crippen LogP contribution in [0.3, 0.4) is 0 Å². The van der Waals surface area contributed by atoms with Crippen molar-refractivity contribution < 1.29 is 4.55 Å². The van der Waals surface area contributed by atoms with E-state index in [1.807, 2.05) is 46.3 Å². The Morgan fingerprint density at radius 2 is 2.00 bits per heavy atom. The summed E-state index contributed by atoms with van der Waals surface area (Å²) in [4.78, 5) is 0. The van der Waals surface area contributed by atoms with E-state index in [1.54, 1.807) is 0 Å². The largest absolute Gasteiger partial charge is 0.598 e. The molecule has 0 radical (unpaired) electrons. The number of hydrogen-bond donors (Lipinski definition) is 1. The predicted molar refractivity (Wildman–Crippen MR) is 84.9 cm³/mol. The zero-order valence-corrected chi connectivity index (χ0v) is 13.8. The van der Waals surface area contributed by atoms with E-state index < -0.39 is 11.4 Å². The van der Waals surface area contributed by atoms with Crippen molar-refractivity contribution >= 4 is 22.3 Å². The second-order valence-electron chi connectivity index (χ2n) is 6.21. The summed E-state index contributed by atoms with van der Waals surface area (Å²) >= 11 is -1.07. The average Bonchev–Trinajstić information content (AvgIpc) is 2.63. The second-order valence-corrected chi connectivity index (χ2v) is 8.20. The van der Waals surface area contributed by atoms with E-state index in [9.17, 15) is 4.55 Å². The SMILES string of the molecule is Cc1nn(C)c2cc(C(C)N[S+]([O-])C(C)(C)C)ccc12. The lowest BCUT2D eigenvalue weighted by Gasteiger charge is -2.26. The molecule has 0 bridgehead atoms. The van der Waals surface area contributed by atoms with Gasteiger partial charge in [-0.15, -0.1) is 4.72 Å². The highest BCUT2D eigenvalue weighted by molar-refractivity contribution is 7.90. The molecule has 2 aromatic rings. The number of benzene rings is 1. The van der Waals surface area contributed by atoms with Crippen molar-refractivity contribution in [3.05, 3.63) is 29.5 Å². The van der Waals surface area contributed by atoms with Crippen molar-refractivity contribution in [3.8, 4) is 0 Å². The summed E-state index contributed by atoms with van der Waals surface area (Å²) in [5, 5.41) is 5.59. The molecule has 1 N–H and O–H groups in total. The molecule has 0 spiro atoms. The number of aryl methyl sites for hydroxylation is 2. The fourth-order valence-electron chi connectivity index (χ4n) is 2.13. The highest BCUT2D eigenvalue weighted by atomic mass is 32.2. The van der Waals surface area contributed by atoms with E-state index >= 15 is 0 Å². The van der Waals surface area contributed by atoms with E-state index in [-0.39, 0.29) is 10.8 Å². The molecule has 0 saturated carbocycles. The van der Waals surface area contributed by atoms with Gasteiger partial charge in [0, 0.05) is 23.8 Å². The topological polar surface area (TPSA) is 52.9 Å². The molecular weight excluding hydrogens is 270 g/mol. The Bertz CT molecular complexity index is 615. The van der Waals surface area contributed by atoms with Crippen LogP contribution < -0.4 is 4.72 Å². The maximum Gasteiger partial charge on any atom is 0.136 e. The first-order valence-corrected chi connectivity index (χ1v) is 7.96. The van der Waals surface area contributed by atoms with Crippen LogP contribution in [0.4, 0.5) is 0 Å². The van der Waals surface area contributed by atoms with E-state index in [0.29, 0.717) is 0 Å². The summed E-state index contributed by atoms with van der Waals surface area (Å²) in [5.41, 5.74) is 3.27. The average molecular weight is 293 g/mol. The summed E-state index contributed by atoms with van der Waals surface area (Å²) in [6.07, 6.45) is 0. The minimum absolute atomic E-state index is 0.0367. The molecule has 1 heterocycles. The monoisotopic (exact) mass is 293 g/mol. The highest BCUT2D eigenvalue weighted by Gasteiger charge is 2.28. The molecule has 110 valence electrons. The van der Waals surface area contributed by atoms with Crippen LogP contribution in [-0.2, 0) is 18.4 Å². The van der Waals surface area contributed by atoms with Crippen LogP contribution in [-0.4, -0.2) is 19.1 Å². The number of hydrogen-bond acceptors (Lipinski definition) is 3. The van der Waals surface area contributed by atoms with Crippen LogP contribution in [0.25, 0.3) is 10.9 Å². The van der Waals surface area contributed by atoms with Gasteiger partial charge in [0.05, 0.1) is 17.3 Å². The molecule has 1 aromatic carbocycles. The summed E-state index contributed by atoms with van der Waals surface area (Å²) in [7, 11) is 1.95. The first-order valence-electron chi connectivity index (χ1n) is 6.81. The van der Waals surface area contributed by atoms with E-state index in [2.05, 4.69) is 28.0 Å². The molecule has 0 fully saturated rings. The van der Waals surface area contributed by atoms with E-state index in [0.717, 1.165) is 16.8 Å². The molecule has 0 saturated heterocycles. The van der Waals surface area contributed by atoms with Crippen LogP contribution in [0.5, 0.6) is 0 Å². The van der Waals surface area contributed by atoms with Crippen LogP contribution in [0.2, 0.25) is 0 Å². The zero-order valence-electron chi connectivity index (χ0n) is 13.0. The van der Waals surface area contributed by atoms with Crippen LogP contribution in [0, 0.1) is 6.92 Å². The molecule has 5 heteroatoms. The second kappa shape index (κ2) is 5.39. The molecule has 2 rings (SSSR count). The molecular formula is C15H23N3OS. The van der Waals surface area contributed by atoms with Gasteiger partial charge in [-0.05, 0) is 46.2 Å². The van der Waals surface area contributed by atoms with Gasteiger partial charge in [-0.2, -0.15) is 5.10 Å². The maximum atomic E-state index is 12.2. The van der Waals surface area contributed by atoms with E-state index in [4.69, 9.17) is 0 Å². The number of fused-ring (bicyclic) bond motifs is 1. The fraction of sp³-hybridized carbons (Fsp3) is 0.533. The van der Waals surface area contributed by atoms with Crippen molar-refractivity contribution in [1.29, 1.82) is 0 Å².